The Morgan fingerprint density at radius 3 is 2.54 bits per heavy atom. The predicted molar refractivity (Wildman–Crippen MR) is 136 cm³/mol. The number of likely N-dealkylation sites (N-methyl/N-ethyl adjacent to an activating group) is 1. The molecule has 0 unspecified atom stereocenters. The molecule has 0 radical (unpaired) electrons. The quantitative estimate of drug-likeness (QED) is 0.263. The van der Waals surface area contributed by atoms with Crippen molar-refractivity contribution in [1.82, 2.24) is 4.90 Å². The number of carbonyl (C=O) groups excluding carboxylic acids is 1. The van der Waals surface area contributed by atoms with Crippen molar-refractivity contribution in [2.45, 2.75) is 31.8 Å². The Bertz CT molecular complexity index is 987. The normalized spacial score (nSPS) is 19.7. The highest BCUT2D eigenvalue weighted by Gasteiger charge is 2.40. The predicted octanol–water partition coefficient (Wildman–Crippen LogP) is 2.90. The number of allylic oxidation sites excluding steroid dienone is 1. The molecule has 3 atom stereocenters. The van der Waals surface area contributed by atoms with Gasteiger partial charge in [0.25, 0.3) is 5.91 Å². The average molecular weight is 522 g/mol. The number of carbonyl (C=O) groups is 1. The summed E-state index contributed by atoms with van der Waals surface area (Å²) in [5.74, 6) is -0.433. The topological polar surface area (TPSA) is 109 Å². The van der Waals surface area contributed by atoms with E-state index in [1.165, 1.54) is 19.1 Å². The number of methoxy groups -OCH3 is 2. The number of furan rings is 1. The minimum atomic E-state index is -0.657. The zero-order chi connectivity index (χ0) is 26.6. The molecule has 1 N–H and O–H groups in total. The summed E-state index contributed by atoms with van der Waals surface area (Å²) in [4.78, 5) is 14.9. The highest BCUT2D eigenvalue weighted by molar-refractivity contribution is 5.92. The molecule has 37 heavy (non-hydrogen) atoms. The second-order valence-corrected chi connectivity index (χ2v) is 8.67. The van der Waals surface area contributed by atoms with Crippen LogP contribution in [-0.4, -0.2) is 95.9 Å². The lowest BCUT2D eigenvalue weighted by atomic mass is 9.81. The number of fused-ring (bicyclic) bond motifs is 1. The van der Waals surface area contributed by atoms with E-state index in [9.17, 15) is 4.79 Å². The van der Waals surface area contributed by atoms with E-state index in [0.29, 0.717) is 32.8 Å². The van der Waals surface area contributed by atoms with Crippen LogP contribution in [-0.2, 0) is 33.2 Å². The number of aliphatic hydroxyl groups excluding tert-OH is 1. The Labute approximate surface area is 218 Å². The summed E-state index contributed by atoms with van der Waals surface area (Å²) in [5.41, 5.74) is 1.73. The van der Waals surface area contributed by atoms with E-state index in [0.717, 1.165) is 16.5 Å². The SMILES string of the molecule is CCO[C@@H]1OC(C(=O)N(C)CC(OC)OC)=C[C@H](c2coc3ccccc23)[C@@H]1CCOCCOCCO. The summed E-state index contributed by atoms with van der Waals surface area (Å²) in [6, 6.07) is 7.81. The maximum absolute atomic E-state index is 13.4. The van der Waals surface area contributed by atoms with Gasteiger partial charge in [0, 0.05) is 57.3 Å². The van der Waals surface area contributed by atoms with Crippen molar-refractivity contribution in [2.24, 2.45) is 5.92 Å². The lowest BCUT2D eigenvalue weighted by Crippen LogP contribution is -2.42. The van der Waals surface area contributed by atoms with Crippen LogP contribution >= 0.6 is 0 Å². The number of rotatable bonds is 16. The zero-order valence-corrected chi connectivity index (χ0v) is 22.1. The molecule has 0 saturated heterocycles. The smallest absolute Gasteiger partial charge is 0.288 e. The van der Waals surface area contributed by atoms with Crippen LogP contribution in [0.2, 0.25) is 0 Å². The first-order chi connectivity index (χ1) is 18.0. The third kappa shape index (κ3) is 7.76. The maximum Gasteiger partial charge on any atom is 0.288 e. The van der Waals surface area contributed by atoms with Crippen LogP contribution in [0.15, 0.2) is 46.8 Å². The van der Waals surface area contributed by atoms with Gasteiger partial charge in [-0.15, -0.1) is 0 Å². The summed E-state index contributed by atoms with van der Waals surface area (Å²) in [6.07, 6.45) is 3.01. The molecule has 1 amide bonds. The fourth-order valence-electron chi connectivity index (χ4n) is 4.39. The van der Waals surface area contributed by atoms with Gasteiger partial charge in [0.15, 0.2) is 12.0 Å². The van der Waals surface area contributed by atoms with Gasteiger partial charge in [0.2, 0.25) is 6.29 Å². The van der Waals surface area contributed by atoms with Crippen molar-refractivity contribution < 1.29 is 42.7 Å². The van der Waals surface area contributed by atoms with Gasteiger partial charge in [-0.3, -0.25) is 4.79 Å². The van der Waals surface area contributed by atoms with Crippen LogP contribution in [0.5, 0.6) is 0 Å². The molecule has 10 nitrogen and oxygen atoms in total. The number of para-hydroxylation sites is 1. The van der Waals surface area contributed by atoms with E-state index < -0.39 is 12.6 Å². The molecule has 2 aromatic rings. The van der Waals surface area contributed by atoms with Gasteiger partial charge >= 0.3 is 0 Å². The minimum Gasteiger partial charge on any atom is -0.464 e. The molecule has 1 aromatic heterocycles. The summed E-state index contributed by atoms with van der Waals surface area (Å²) in [7, 11) is 4.73. The molecule has 10 heteroatoms. The molecule has 0 fully saturated rings. The van der Waals surface area contributed by atoms with Gasteiger partial charge in [-0.2, -0.15) is 0 Å². The molecule has 1 aliphatic heterocycles. The van der Waals surface area contributed by atoms with Crippen molar-refractivity contribution in [3.8, 4) is 0 Å². The van der Waals surface area contributed by atoms with Crippen LogP contribution in [0.25, 0.3) is 11.0 Å². The number of hydrogen-bond acceptors (Lipinski definition) is 9. The van der Waals surface area contributed by atoms with Crippen LogP contribution in [0.3, 0.4) is 0 Å². The first-order valence-corrected chi connectivity index (χ1v) is 12.6. The molecule has 0 aliphatic carbocycles. The number of aliphatic hydroxyl groups is 1. The highest BCUT2D eigenvalue weighted by atomic mass is 16.7. The Kier molecular flexibility index (Phi) is 11.8. The summed E-state index contributed by atoms with van der Waals surface area (Å²) >= 11 is 0. The fraction of sp³-hybridized carbons (Fsp3) is 0.593. The minimum absolute atomic E-state index is 0.0179. The Balaban J connectivity index is 1.86. The first-order valence-electron chi connectivity index (χ1n) is 12.6. The van der Waals surface area contributed by atoms with Gasteiger partial charge in [0.05, 0.1) is 39.2 Å². The Morgan fingerprint density at radius 1 is 1.11 bits per heavy atom. The molecule has 1 aliphatic rings. The van der Waals surface area contributed by atoms with E-state index in [4.69, 9.17) is 37.9 Å². The summed E-state index contributed by atoms with van der Waals surface area (Å²) < 4.78 is 39.5. The highest BCUT2D eigenvalue weighted by Crippen LogP contribution is 2.42. The molecule has 206 valence electrons. The molecule has 0 saturated carbocycles. The third-order valence-electron chi connectivity index (χ3n) is 6.30. The lowest BCUT2D eigenvalue weighted by molar-refractivity contribution is -0.174. The van der Waals surface area contributed by atoms with Crippen LogP contribution in [0.1, 0.15) is 24.8 Å². The second-order valence-electron chi connectivity index (χ2n) is 8.67. The lowest BCUT2D eigenvalue weighted by Gasteiger charge is -2.37. The molecule has 1 aromatic carbocycles. The Morgan fingerprint density at radius 2 is 1.84 bits per heavy atom. The van der Waals surface area contributed by atoms with Gasteiger partial charge in [0.1, 0.15) is 5.58 Å². The standard InChI is InChI=1S/C27H39NO9/c1-5-35-27-20(10-12-33-14-15-34-13-11-29)21(22-18-36-23-9-7-6-8-19(22)23)16-24(37-27)26(30)28(2)17-25(31-3)32-4/h6-9,16,18,20-21,25,27,29H,5,10-15,17H2,1-4H3/t20-,21-,27+/m0/s1. The maximum atomic E-state index is 13.4. The van der Waals surface area contributed by atoms with Crippen molar-refractivity contribution in [3.05, 3.63) is 47.9 Å². The molecule has 2 heterocycles. The number of benzene rings is 1. The molecule has 0 spiro atoms. The van der Waals surface area contributed by atoms with Crippen molar-refractivity contribution >= 4 is 16.9 Å². The first kappa shape index (κ1) is 29.1. The summed E-state index contributed by atoms with van der Waals surface area (Å²) in [5, 5.41) is 9.81. The van der Waals surface area contributed by atoms with Crippen molar-refractivity contribution in [2.75, 3.05) is 67.5 Å². The molecule has 3 rings (SSSR count). The number of amides is 1. The van der Waals surface area contributed by atoms with Gasteiger partial charge in [-0.25, -0.2) is 0 Å². The van der Waals surface area contributed by atoms with Gasteiger partial charge < -0.3 is 42.8 Å². The fourth-order valence-corrected chi connectivity index (χ4v) is 4.39. The number of nitrogens with zero attached hydrogens (tertiary/aromatic N) is 1. The Hall–Kier alpha value is -2.47. The monoisotopic (exact) mass is 521 g/mol. The molecule has 0 bridgehead atoms. The molecular formula is C27H39NO9. The van der Waals surface area contributed by atoms with Crippen LogP contribution < -0.4 is 0 Å². The van der Waals surface area contributed by atoms with E-state index in [1.807, 2.05) is 37.3 Å². The van der Waals surface area contributed by atoms with E-state index in [-0.39, 0.29) is 43.3 Å². The van der Waals surface area contributed by atoms with Crippen LogP contribution in [0.4, 0.5) is 0 Å². The van der Waals surface area contributed by atoms with Crippen LogP contribution in [0, 0.1) is 5.92 Å². The van der Waals surface area contributed by atoms with Crippen molar-refractivity contribution in [3.63, 3.8) is 0 Å². The van der Waals surface area contributed by atoms with Gasteiger partial charge in [-0.05, 0) is 25.5 Å². The average Bonchev–Trinajstić information content (AvgIpc) is 3.35. The van der Waals surface area contributed by atoms with E-state index in [2.05, 4.69) is 0 Å². The second kappa shape index (κ2) is 15.1. The zero-order valence-electron chi connectivity index (χ0n) is 22.1. The number of ether oxygens (including phenoxy) is 6. The third-order valence-corrected chi connectivity index (χ3v) is 6.30. The van der Waals surface area contributed by atoms with Crippen molar-refractivity contribution in [1.29, 1.82) is 0 Å². The largest absolute Gasteiger partial charge is 0.464 e. The number of hydrogen-bond donors (Lipinski definition) is 1. The molecular weight excluding hydrogens is 482 g/mol. The van der Waals surface area contributed by atoms with E-state index >= 15 is 0 Å². The van der Waals surface area contributed by atoms with Gasteiger partial charge in [-0.1, -0.05) is 18.2 Å². The summed E-state index contributed by atoms with van der Waals surface area (Å²) in [6.45, 7) is 4.09. The van der Waals surface area contributed by atoms with E-state index in [1.54, 1.807) is 13.3 Å².